The summed E-state index contributed by atoms with van der Waals surface area (Å²) in [4.78, 5) is 11.4. The van der Waals surface area contributed by atoms with Gasteiger partial charge >= 0.3 is 0 Å². The van der Waals surface area contributed by atoms with Crippen molar-refractivity contribution in [2.45, 2.75) is 46.5 Å². The molecule has 0 saturated carbocycles. The monoisotopic (exact) mass is 250 g/mol. The highest BCUT2D eigenvalue weighted by Crippen LogP contribution is 2.33. The summed E-state index contributed by atoms with van der Waals surface area (Å²) in [6, 6.07) is 3.43. The van der Waals surface area contributed by atoms with Crippen LogP contribution >= 0.6 is 0 Å². The van der Waals surface area contributed by atoms with Crippen LogP contribution in [0.25, 0.3) is 0 Å². The quantitative estimate of drug-likeness (QED) is 0.592. The Morgan fingerprint density at radius 2 is 2.00 bits per heavy atom. The van der Waals surface area contributed by atoms with Crippen molar-refractivity contribution in [1.82, 2.24) is 0 Å². The highest BCUT2D eigenvalue weighted by Gasteiger charge is 2.15. The minimum absolute atomic E-state index is 0.0818. The molecule has 0 fully saturated rings. The lowest BCUT2D eigenvalue weighted by atomic mass is 10.0. The summed E-state index contributed by atoms with van der Waals surface area (Å²) in [7, 11) is 0. The minimum Gasteiger partial charge on any atom is -0.507 e. The normalized spacial score (nSPS) is 10.4. The van der Waals surface area contributed by atoms with Crippen molar-refractivity contribution in [3.05, 3.63) is 23.3 Å². The van der Waals surface area contributed by atoms with Crippen molar-refractivity contribution in [3.8, 4) is 11.5 Å². The highest BCUT2D eigenvalue weighted by molar-refractivity contribution is 5.97. The Bertz CT molecular complexity index is 410. The molecule has 1 N–H and O–H groups in total. The van der Waals surface area contributed by atoms with E-state index < -0.39 is 0 Å². The van der Waals surface area contributed by atoms with E-state index in [4.69, 9.17) is 4.74 Å². The third kappa shape index (κ3) is 3.49. The van der Waals surface area contributed by atoms with E-state index in [0.29, 0.717) is 24.3 Å². The molecule has 0 bridgehead atoms. The fraction of sp³-hybridized carbons (Fsp3) is 0.533. The first kappa shape index (κ1) is 14.6. The number of rotatable bonds is 7. The molecule has 0 aromatic heterocycles. The minimum atomic E-state index is -0.120. The zero-order valence-electron chi connectivity index (χ0n) is 11.5. The van der Waals surface area contributed by atoms with Gasteiger partial charge in [0, 0.05) is 5.56 Å². The van der Waals surface area contributed by atoms with Crippen molar-refractivity contribution in [3.63, 3.8) is 0 Å². The van der Waals surface area contributed by atoms with E-state index in [1.807, 2.05) is 6.92 Å². The molecule has 18 heavy (non-hydrogen) atoms. The molecule has 0 heterocycles. The van der Waals surface area contributed by atoms with E-state index in [1.54, 1.807) is 12.1 Å². The van der Waals surface area contributed by atoms with Gasteiger partial charge in [-0.05, 0) is 31.9 Å². The predicted molar refractivity (Wildman–Crippen MR) is 72.5 cm³/mol. The average molecular weight is 250 g/mol. The average Bonchev–Trinajstić information content (AvgIpc) is 2.33. The molecule has 0 unspecified atom stereocenters. The smallest absolute Gasteiger partial charge is 0.163 e. The molecule has 3 heteroatoms. The molecule has 0 spiro atoms. The molecular weight excluding hydrogens is 228 g/mol. The molecule has 0 saturated heterocycles. The number of carbonyl (C=O) groups is 1. The molecule has 0 aliphatic heterocycles. The molecule has 1 aromatic carbocycles. The first-order chi connectivity index (χ1) is 8.61. The van der Waals surface area contributed by atoms with Crippen molar-refractivity contribution >= 4 is 5.78 Å². The maximum atomic E-state index is 11.4. The Morgan fingerprint density at radius 3 is 2.56 bits per heavy atom. The number of hydrogen-bond donors (Lipinski definition) is 1. The lowest BCUT2D eigenvalue weighted by molar-refractivity contribution is 0.101. The second-order valence-electron chi connectivity index (χ2n) is 4.45. The number of benzene rings is 1. The van der Waals surface area contributed by atoms with E-state index in [0.717, 1.165) is 24.8 Å². The number of aromatic hydroxyl groups is 1. The number of phenolic OH excluding ortho intramolecular Hbond substituents is 1. The van der Waals surface area contributed by atoms with Crippen LogP contribution in [0.2, 0.25) is 0 Å². The first-order valence-corrected chi connectivity index (χ1v) is 6.60. The summed E-state index contributed by atoms with van der Waals surface area (Å²) in [5.74, 6) is 0.663. The number of hydrogen-bond acceptors (Lipinski definition) is 3. The second-order valence-corrected chi connectivity index (χ2v) is 4.45. The zero-order valence-corrected chi connectivity index (χ0v) is 11.5. The number of carbonyl (C=O) groups excluding carboxylic acids is 1. The number of unbranched alkanes of at least 4 members (excludes halogenated alkanes) is 1. The summed E-state index contributed by atoms with van der Waals surface area (Å²) < 4.78 is 5.67. The number of ketones is 1. The molecule has 0 radical (unpaired) electrons. The standard InChI is InChI=1S/C15H22O3/c1-4-6-10-18-14-9-8-12(11(3)16)15(17)13(14)7-5-2/h8-9,17H,4-7,10H2,1-3H3. The fourth-order valence-electron chi connectivity index (χ4n) is 1.86. The molecule has 0 atom stereocenters. The van der Waals surface area contributed by atoms with Crippen molar-refractivity contribution in [1.29, 1.82) is 0 Å². The Hall–Kier alpha value is -1.51. The summed E-state index contributed by atoms with van der Waals surface area (Å²) in [5, 5.41) is 10.1. The van der Waals surface area contributed by atoms with E-state index in [9.17, 15) is 9.90 Å². The summed E-state index contributed by atoms with van der Waals surface area (Å²) in [5.41, 5.74) is 1.13. The van der Waals surface area contributed by atoms with Gasteiger partial charge in [-0.25, -0.2) is 0 Å². The lowest BCUT2D eigenvalue weighted by Gasteiger charge is -2.14. The second kappa shape index (κ2) is 7.04. The lowest BCUT2D eigenvalue weighted by Crippen LogP contribution is -2.03. The van der Waals surface area contributed by atoms with Crippen LogP contribution in [0, 0.1) is 0 Å². The van der Waals surface area contributed by atoms with Gasteiger partial charge in [0.15, 0.2) is 5.78 Å². The van der Waals surface area contributed by atoms with Gasteiger partial charge in [-0.2, -0.15) is 0 Å². The van der Waals surface area contributed by atoms with Crippen LogP contribution in [0.3, 0.4) is 0 Å². The van der Waals surface area contributed by atoms with Crippen LogP contribution in [0.5, 0.6) is 11.5 Å². The Kier molecular flexibility index (Phi) is 5.69. The first-order valence-electron chi connectivity index (χ1n) is 6.60. The van der Waals surface area contributed by atoms with Crippen LogP contribution in [0.1, 0.15) is 56.0 Å². The third-order valence-electron chi connectivity index (χ3n) is 2.87. The van der Waals surface area contributed by atoms with Gasteiger partial charge in [-0.3, -0.25) is 4.79 Å². The molecular formula is C15H22O3. The van der Waals surface area contributed by atoms with E-state index in [1.165, 1.54) is 6.92 Å². The number of ether oxygens (including phenoxy) is 1. The molecule has 1 rings (SSSR count). The van der Waals surface area contributed by atoms with Gasteiger partial charge in [0.05, 0.1) is 12.2 Å². The van der Waals surface area contributed by atoms with E-state index >= 15 is 0 Å². The maximum Gasteiger partial charge on any atom is 0.163 e. The molecule has 1 aromatic rings. The van der Waals surface area contributed by atoms with Gasteiger partial charge in [0.25, 0.3) is 0 Å². The molecule has 3 nitrogen and oxygen atoms in total. The van der Waals surface area contributed by atoms with Gasteiger partial charge in [0.1, 0.15) is 11.5 Å². The van der Waals surface area contributed by atoms with Crippen LogP contribution < -0.4 is 4.74 Å². The maximum absolute atomic E-state index is 11.4. The predicted octanol–water partition coefficient (Wildman–Crippen LogP) is 3.73. The molecule has 100 valence electrons. The van der Waals surface area contributed by atoms with Crippen molar-refractivity contribution < 1.29 is 14.6 Å². The van der Waals surface area contributed by atoms with E-state index in [-0.39, 0.29) is 11.5 Å². The van der Waals surface area contributed by atoms with Crippen LogP contribution in [0.15, 0.2) is 12.1 Å². The van der Waals surface area contributed by atoms with Crippen molar-refractivity contribution in [2.75, 3.05) is 6.61 Å². The fourth-order valence-corrected chi connectivity index (χ4v) is 1.86. The van der Waals surface area contributed by atoms with Crippen molar-refractivity contribution in [2.24, 2.45) is 0 Å². The van der Waals surface area contributed by atoms with Gasteiger partial charge in [-0.1, -0.05) is 26.7 Å². The molecule has 0 aliphatic rings. The SMILES string of the molecule is CCCCOc1ccc(C(C)=O)c(O)c1CCC. The van der Waals surface area contributed by atoms with Crippen LogP contribution in [0.4, 0.5) is 0 Å². The van der Waals surface area contributed by atoms with Gasteiger partial charge < -0.3 is 9.84 Å². The summed E-state index contributed by atoms with van der Waals surface area (Å²) in [6.45, 7) is 6.25. The summed E-state index contributed by atoms with van der Waals surface area (Å²) in [6.07, 6.45) is 3.68. The Morgan fingerprint density at radius 1 is 1.28 bits per heavy atom. The highest BCUT2D eigenvalue weighted by atomic mass is 16.5. The van der Waals surface area contributed by atoms with Gasteiger partial charge in [-0.15, -0.1) is 0 Å². The molecule has 0 aliphatic carbocycles. The third-order valence-corrected chi connectivity index (χ3v) is 2.87. The Labute approximate surface area is 109 Å². The summed E-state index contributed by atoms with van der Waals surface area (Å²) >= 11 is 0. The van der Waals surface area contributed by atoms with E-state index in [2.05, 4.69) is 6.92 Å². The van der Waals surface area contributed by atoms with Gasteiger partial charge in [0.2, 0.25) is 0 Å². The molecule has 0 amide bonds. The topological polar surface area (TPSA) is 46.5 Å². The van der Waals surface area contributed by atoms with Crippen LogP contribution in [-0.2, 0) is 6.42 Å². The number of phenols is 1. The van der Waals surface area contributed by atoms with Crippen LogP contribution in [-0.4, -0.2) is 17.5 Å². The largest absolute Gasteiger partial charge is 0.507 e. The zero-order chi connectivity index (χ0) is 13.5. The number of Topliss-reactive ketones (excluding diaryl/α,β-unsaturated/α-hetero) is 1. The Balaban J connectivity index is 3.02.